The highest BCUT2D eigenvalue weighted by Crippen LogP contribution is 2.60. The van der Waals surface area contributed by atoms with E-state index in [0.717, 1.165) is 0 Å². The van der Waals surface area contributed by atoms with Gasteiger partial charge in [-0.2, -0.15) is 0 Å². The predicted octanol–water partition coefficient (Wildman–Crippen LogP) is 0.201. The molecular formula is C14H28N4. The van der Waals surface area contributed by atoms with Crippen LogP contribution in [0.4, 0.5) is 0 Å². The van der Waals surface area contributed by atoms with Gasteiger partial charge in [0, 0.05) is 22.2 Å². The zero-order valence-electron chi connectivity index (χ0n) is 12.2. The lowest BCUT2D eigenvalue weighted by Crippen LogP contribution is -2.81. The molecule has 0 atom stereocenters. The largest absolute Gasteiger partial charge is 0.314 e. The molecule has 4 aliphatic carbocycles. The van der Waals surface area contributed by atoms with Crippen LogP contribution in [0.25, 0.3) is 0 Å². The fourth-order valence-electron chi connectivity index (χ4n) is 5.70. The Balaban J connectivity index is 2.06. The molecule has 4 fully saturated rings. The molecule has 4 N–H and O–H groups in total. The van der Waals surface area contributed by atoms with E-state index in [1.807, 2.05) is 0 Å². The summed E-state index contributed by atoms with van der Waals surface area (Å²) >= 11 is 0. The third kappa shape index (κ3) is 1.52. The lowest BCUT2D eigenvalue weighted by molar-refractivity contribution is -0.0952. The molecule has 4 rings (SSSR count). The normalized spacial score (nSPS) is 54.0. The molecule has 0 aromatic heterocycles. The van der Waals surface area contributed by atoms with E-state index in [1.165, 1.54) is 38.5 Å². The van der Waals surface area contributed by atoms with Gasteiger partial charge in [-0.25, -0.2) is 0 Å². The number of hydrogen-bond acceptors (Lipinski definition) is 4. The Morgan fingerprint density at radius 3 is 0.722 bits per heavy atom. The molecule has 4 heteroatoms. The van der Waals surface area contributed by atoms with Gasteiger partial charge in [0.25, 0.3) is 0 Å². The molecule has 4 aliphatic rings. The molecule has 0 radical (unpaired) electrons. The molecule has 0 spiro atoms. The van der Waals surface area contributed by atoms with Crippen molar-refractivity contribution in [2.75, 3.05) is 28.2 Å². The van der Waals surface area contributed by atoms with Crippen LogP contribution in [0.1, 0.15) is 38.5 Å². The zero-order chi connectivity index (χ0) is 13.1. The Kier molecular flexibility index (Phi) is 2.63. The van der Waals surface area contributed by atoms with Crippen LogP contribution in [-0.4, -0.2) is 50.3 Å². The predicted molar refractivity (Wildman–Crippen MR) is 74.9 cm³/mol. The topological polar surface area (TPSA) is 48.1 Å². The maximum atomic E-state index is 3.67. The second kappa shape index (κ2) is 3.69. The highest BCUT2D eigenvalue weighted by molar-refractivity contribution is 5.28. The summed E-state index contributed by atoms with van der Waals surface area (Å²) in [5.74, 6) is 0. The van der Waals surface area contributed by atoms with Gasteiger partial charge in [-0.1, -0.05) is 0 Å². The quantitative estimate of drug-likeness (QED) is 0.577. The fraction of sp³-hybridized carbons (Fsp3) is 1.00. The maximum Gasteiger partial charge on any atom is 0.0231 e. The number of nitrogens with one attached hydrogen (secondary N) is 4. The Hall–Kier alpha value is -0.160. The van der Waals surface area contributed by atoms with Gasteiger partial charge in [-0.05, 0) is 66.7 Å². The first kappa shape index (κ1) is 12.9. The summed E-state index contributed by atoms with van der Waals surface area (Å²) in [4.78, 5) is 0. The van der Waals surface area contributed by atoms with Gasteiger partial charge in [-0.3, -0.25) is 0 Å². The van der Waals surface area contributed by atoms with Gasteiger partial charge in [0.15, 0.2) is 0 Å². The molecule has 4 saturated carbocycles. The monoisotopic (exact) mass is 252 g/mol. The van der Waals surface area contributed by atoms with E-state index in [1.54, 1.807) is 0 Å². The average Bonchev–Trinajstić information content (AvgIpc) is 2.37. The molecule has 4 nitrogen and oxygen atoms in total. The summed E-state index contributed by atoms with van der Waals surface area (Å²) in [7, 11) is 8.57. The van der Waals surface area contributed by atoms with E-state index in [2.05, 4.69) is 49.5 Å². The van der Waals surface area contributed by atoms with Gasteiger partial charge >= 0.3 is 0 Å². The summed E-state index contributed by atoms with van der Waals surface area (Å²) in [6.45, 7) is 0. The van der Waals surface area contributed by atoms with Crippen LogP contribution in [0.5, 0.6) is 0 Å². The molecule has 4 bridgehead atoms. The van der Waals surface area contributed by atoms with Crippen molar-refractivity contribution < 1.29 is 0 Å². The first-order chi connectivity index (χ1) is 8.49. The maximum absolute atomic E-state index is 3.67. The Bertz CT molecular complexity index is 250. The average molecular weight is 252 g/mol. The molecule has 18 heavy (non-hydrogen) atoms. The van der Waals surface area contributed by atoms with Gasteiger partial charge in [0.05, 0.1) is 0 Å². The summed E-state index contributed by atoms with van der Waals surface area (Å²) in [5.41, 5.74) is 1.18. The molecule has 0 unspecified atom stereocenters. The fourth-order valence-corrected chi connectivity index (χ4v) is 5.70. The standard InChI is InChI=1S/C14H28N4/c1-15-11-5-12(16-2)8-13(6-11,17-3)10-14(7-11,9-12)18-4/h15-18H,5-10H2,1-4H3. The minimum absolute atomic E-state index is 0.295. The first-order valence-corrected chi connectivity index (χ1v) is 7.24. The Labute approximate surface area is 111 Å². The van der Waals surface area contributed by atoms with Crippen LogP contribution in [-0.2, 0) is 0 Å². The van der Waals surface area contributed by atoms with Gasteiger partial charge in [-0.15, -0.1) is 0 Å². The molecule has 0 aliphatic heterocycles. The van der Waals surface area contributed by atoms with Gasteiger partial charge in [0.2, 0.25) is 0 Å². The Morgan fingerprint density at radius 1 is 0.444 bits per heavy atom. The minimum atomic E-state index is 0.295. The van der Waals surface area contributed by atoms with Crippen molar-refractivity contribution in [2.45, 2.75) is 60.7 Å². The third-order valence-electron chi connectivity index (χ3n) is 6.18. The van der Waals surface area contributed by atoms with Crippen LogP contribution < -0.4 is 21.3 Å². The molecule has 104 valence electrons. The van der Waals surface area contributed by atoms with Crippen LogP contribution in [0.2, 0.25) is 0 Å². The minimum Gasteiger partial charge on any atom is -0.314 e. The van der Waals surface area contributed by atoms with Crippen molar-refractivity contribution >= 4 is 0 Å². The van der Waals surface area contributed by atoms with Gasteiger partial charge < -0.3 is 21.3 Å². The second-order valence-electron chi connectivity index (χ2n) is 7.18. The first-order valence-electron chi connectivity index (χ1n) is 7.24. The highest BCUT2D eigenvalue weighted by Gasteiger charge is 2.67. The summed E-state index contributed by atoms with van der Waals surface area (Å²) in [6, 6.07) is 0. The molecular weight excluding hydrogens is 224 g/mol. The van der Waals surface area contributed by atoms with Crippen molar-refractivity contribution in [3.8, 4) is 0 Å². The number of rotatable bonds is 4. The zero-order valence-corrected chi connectivity index (χ0v) is 12.2. The number of hydrogen-bond donors (Lipinski definition) is 4. The van der Waals surface area contributed by atoms with E-state index >= 15 is 0 Å². The van der Waals surface area contributed by atoms with E-state index < -0.39 is 0 Å². The summed E-state index contributed by atoms with van der Waals surface area (Å²) in [6.07, 6.45) is 7.58. The van der Waals surface area contributed by atoms with Crippen molar-refractivity contribution in [1.82, 2.24) is 21.3 Å². The SMILES string of the molecule is CNC12CC3(NC)CC(NC)(C1)CC(NC)(C2)C3. The van der Waals surface area contributed by atoms with E-state index in [4.69, 9.17) is 0 Å². The molecule has 0 saturated heterocycles. The lowest BCUT2D eigenvalue weighted by atomic mass is 9.44. The van der Waals surface area contributed by atoms with E-state index in [9.17, 15) is 0 Å². The Morgan fingerprint density at radius 2 is 0.611 bits per heavy atom. The highest BCUT2D eigenvalue weighted by atomic mass is 15.2. The van der Waals surface area contributed by atoms with Crippen molar-refractivity contribution in [3.63, 3.8) is 0 Å². The van der Waals surface area contributed by atoms with E-state index in [0.29, 0.717) is 22.2 Å². The molecule has 0 aromatic rings. The third-order valence-corrected chi connectivity index (χ3v) is 6.18. The van der Waals surface area contributed by atoms with Crippen molar-refractivity contribution in [3.05, 3.63) is 0 Å². The van der Waals surface area contributed by atoms with Crippen molar-refractivity contribution in [2.24, 2.45) is 0 Å². The van der Waals surface area contributed by atoms with Crippen LogP contribution in [0.3, 0.4) is 0 Å². The summed E-state index contributed by atoms with van der Waals surface area (Å²) < 4.78 is 0. The van der Waals surface area contributed by atoms with Crippen LogP contribution in [0.15, 0.2) is 0 Å². The second-order valence-corrected chi connectivity index (χ2v) is 7.18. The molecule has 0 heterocycles. The van der Waals surface area contributed by atoms with Crippen LogP contribution >= 0.6 is 0 Å². The lowest BCUT2D eigenvalue weighted by Gasteiger charge is -2.70. The van der Waals surface area contributed by atoms with Crippen molar-refractivity contribution in [1.29, 1.82) is 0 Å². The van der Waals surface area contributed by atoms with Gasteiger partial charge in [0.1, 0.15) is 0 Å². The smallest absolute Gasteiger partial charge is 0.0231 e. The molecule has 0 amide bonds. The molecule has 0 aromatic carbocycles. The summed E-state index contributed by atoms with van der Waals surface area (Å²) in [5, 5.41) is 14.7. The van der Waals surface area contributed by atoms with Crippen LogP contribution in [0, 0.1) is 0 Å². The van der Waals surface area contributed by atoms with E-state index in [-0.39, 0.29) is 0 Å².